The van der Waals surface area contributed by atoms with E-state index in [9.17, 15) is 0 Å². The molecule has 0 aliphatic heterocycles. The zero-order chi connectivity index (χ0) is 11.0. The third kappa shape index (κ3) is 4.94. The van der Waals surface area contributed by atoms with Crippen LogP contribution in [-0.2, 0) is 0 Å². The maximum absolute atomic E-state index is 9.15. The van der Waals surface area contributed by atoms with Crippen molar-refractivity contribution in [3.05, 3.63) is 0 Å². The summed E-state index contributed by atoms with van der Waals surface area (Å²) < 4.78 is 0. The van der Waals surface area contributed by atoms with Gasteiger partial charge in [0.1, 0.15) is 0 Å². The minimum absolute atomic E-state index is 0.0204. The number of aliphatic hydroxyl groups is 2. The fraction of sp³-hybridized carbons (Fsp3) is 1.00. The van der Waals surface area contributed by atoms with E-state index in [1.165, 1.54) is 0 Å². The number of hydrogen-bond donors (Lipinski definition) is 3. The van der Waals surface area contributed by atoms with Gasteiger partial charge in [-0.05, 0) is 19.8 Å². The number of nitrogens with one attached hydrogen (secondary N) is 1. The fourth-order valence-electron chi connectivity index (χ4n) is 1.62. The number of rotatable bonds is 8. The van der Waals surface area contributed by atoms with Gasteiger partial charge in [-0.3, -0.25) is 0 Å². The lowest BCUT2D eigenvalue weighted by Crippen LogP contribution is -2.53. The maximum Gasteiger partial charge on any atom is 0.0633 e. The van der Waals surface area contributed by atoms with Crippen LogP contribution in [0.3, 0.4) is 0 Å². The smallest absolute Gasteiger partial charge is 0.0633 e. The average molecular weight is 203 g/mol. The van der Waals surface area contributed by atoms with Crippen LogP contribution in [0.2, 0.25) is 0 Å². The van der Waals surface area contributed by atoms with Gasteiger partial charge in [-0.15, -0.1) is 0 Å². The van der Waals surface area contributed by atoms with Gasteiger partial charge in [0.15, 0.2) is 0 Å². The van der Waals surface area contributed by atoms with Gasteiger partial charge in [-0.25, -0.2) is 0 Å². The van der Waals surface area contributed by atoms with E-state index < -0.39 is 5.54 Å². The van der Waals surface area contributed by atoms with Crippen LogP contribution in [0.5, 0.6) is 0 Å². The molecule has 0 saturated carbocycles. The Hall–Kier alpha value is -0.120. The van der Waals surface area contributed by atoms with Gasteiger partial charge in [0.05, 0.1) is 18.8 Å². The van der Waals surface area contributed by atoms with Gasteiger partial charge < -0.3 is 15.5 Å². The molecule has 0 radical (unpaired) electrons. The van der Waals surface area contributed by atoms with Crippen molar-refractivity contribution >= 4 is 0 Å². The van der Waals surface area contributed by atoms with Gasteiger partial charge in [0.25, 0.3) is 0 Å². The first-order valence-corrected chi connectivity index (χ1v) is 5.61. The van der Waals surface area contributed by atoms with Crippen molar-refractivity contribution in [2.45, 2.75) is 58.0 Å². The molecule has 0 aliphatic rings. The zero-order valence-corrected chi connectivity index (χ0v) is 9.71. The molecule has 0 rings (SSSR count). The second kappa shape index (κ2) is 7.21. The van der Waals surface area contributed by atoms with Gasteiger partial charge in [-0.1, -0.05) is 26.7 Å². The summed E-state index contributed by atoms with van der Waals surface area (Å²) >= 11 is 0. The zero-order valence-electron chi connectivity index (χ0n) is 9.71. The lowest BCUT2D eigenvalue weighted by Gasteiger charge is -2.32. The molecule has 0 unspecified atom stereocenters. The van der Waals surface area contributed by atoms with Crippen LogP contribution in [0, 0.1) is 0 Å². The van der Waals surface area contributed by atoms with E-state index in [4.69, 9.17) is 10.2 Å². The van der Waals surface area contributed by atoms with Crippen molar-refractivity contribution in [3.63, 3.8) is 0 Å². The predicted molar refractivity (Wildman–Crippen MR) is 59.3 cm³/mol. The summed E-state index contributed by atoms with van der Waals surface area (Å²) in [5.41, 5.74) is -0.533. The molecule has 0 spiro atoms. The van der Waals surface area contributed by atoms with E-state index in [-0.39, 0.29) is 13.2 Å². The first kappa shape index (κ1) is 13.9. The van der Waals surface area contributed by atoms with Crippen LogP contribution in [-0.4, -0.2) is 35.0 Å². The summed E-state index contributed by atoms with van der Waals surface area (Å²) in [5.74, 6) is 0. The highest BCUT2D eigenvalue weighted by Gasteiger charge is 2.24. The fourth-order valence-corrected chi connectivity index (χ4v) is 1.62. The highest BCUT2D eigenvalue weighted by molar-refractivity contribution is 4.85. The Bertz CT molecular complexity index is 129. The largest absolute Gasteiger partial charge is 0.394 e. The van der Waals surface area contributed by atoms with E-state index in [2.05, 4.69) is 19.2 Å². The molecule has 0 fully saturated rings. The third-order valence-electron chi connectivity index (χ3n) is 2.52. The van der Waals surface area contributed by atoms with Crippen molar-refractivity contribution in [2.75, 3.05) is 13.2 Å². The van der Waals surface area contributed by atoms with Gasteiger partial charge in [0, 0.05) is 6.04 Å². The van der Waals surface area contributed by atoms with E-state index in [0.29, 0.717) is 6.04 Å². The van der Waals surface area contributed by atoms with Crippen LogP contribution in [0.1, 0.15) is 46.5 Å². The predicted octanol–water partition coefficient (Wildman–Crippen LogP) is 1.29. The van der Waals surface area contributed by atoms with E-state index in [0.717, 1.165) is 25.7 Å². The van der Waals surface area contributed by atoms with Crippen LogP contribution in [0.4, 0.5) is 0 Å². The van der Waals surface area contributed by atoms with E-state index in [1.54, 1.807) is 0 Å². The molecular weight excluding hydrogens is 178 g/mol. The second-order valence-electron chi connectivity index (χ2n) is 4.30. The van der Waals surface area contributed by atoms with Crippen molar-refractivity contribution < 1.29 is 10.2 Å². The highest BCUT2D eigenvalue weighted by atomic mass is 16.3. The SMILES string of the molecule is CCCC(CCC)NC(C)(CO)CO. The Morgan fingerprint density at radius 2 is 1.50 bits per heavy atom. The Labute approximate surface area is 87.5 Å². The Morgan fingerprint density at radius 3 is 1.79 bits per heavy atom. The van der Waals surface area contributed by atoms with E-state index >= 15 is 0 Å². The molecule has 0 amide bonds. The lowest BCUT2D eigenvalue weighted by molar-refractivity contribution is 0.0912. The summed E-state index contributed by atoms with van der Waals surface area (Å²) in [5, 5.41) is 21.6. The van der Waals surface area contributed by atoms with Crippen LogP contribution in [0.15, 0.2) is 0 Å². The van der Waals surface area contributed by atoms with Crippen LogP contribution < -0.4 is 5.32 Å². The monoisotopic (exact) mass is 203 g/mol. The third-order valence-corrected chi connectivity index (χ3v) is 2.52. The molecule has 3 N–H and O–H groups in total. The standard InChI is InChI=1S/C11H25NO2/c1-4-6-10(7-5-2)12-11(3,8-13)9-14/h10,12-14H,4-9H2,1-3H3. The van der Waals surface area contributed by atoms with Crippen molar-refractivity contribution in [2.24, 2.45) is 0 Å². The van der Waals surface area contributed by atoms with Gasteiger partial charge in [0.2, 0.25) is 0 Å². The maximum atomic E-state index is 9.15. The molecule has 0 saturated heterocycles. The average Bonchev–Trinajstić information content (AvgIpc) is 2.18. The van der Waals surface area contributed by atoms with Gasteiger partial charge >= 0.3 is 0 Å². The molecule has 0 aromatic heterocycles. The molecule has 3 nitrogen and oxygen atoms in total. The molecule has 3 heteroatoms. The summed E-state index contributed by atoms with van der Waals surface area (Å²) in [7, 11) is 0. The molecule has 0 aromatic rings. The second-order valence-corrected chi connectivity index (χ2v) is 4.30. The topological polar surface area (TPSA) is 52.5 Å². The van der Waals surface area contributed by atoms with Crippen molar-refractivity contribution in [3.8, 4) is 0 Å². The summed E-state index contributed by atoms with van der Waals surface area (Å²) in [6.07, 6.45) is 4.46. The van der Waals surface area contributed by atoms with Gasteiger partial charge in [-0.2, -0.15) is 0 Å². The molecule has 0 bridgehead atoms. The van der Waals surface area contributed by atoms with Crippen molar-refractivity contribution in [1.29, 1.82) is 0 Å². The van der Waals surface area contributed by atoms with Crippen LogP contribution >= 0.6 is 0 Å². The molecule has 0 aromatic carbocycles. The highest BCUT2D eigenvalue weighted by Crippen LogP contribution is 2.10. The minimum Gasteiger partial charge on any atom is -0.394 e. The molecule has 0 aliphatic carbocycles. The summed E-state index contributed by atoms with van der Waals surface area (Å²) in [6, 6.07) is 0.411. The molecule has 0 atom stereocenters. The first-order valence-electron chi connectivity index (χ1n) is 5.61. The lowest BCUT2D eigenvalue weighted by atomic mass is 9.99. The Morgan fingerprint density at radius 1 is 1.07 bits per heavy atom. The molecular formula is C11H25NO2. The molecule has 86 valence electrons. The number of aliphatic hydroxyl groups excluding tert-OH is 2. The molecule has 0 heterocycles. The number of hydrogen-bond acceptors (Lipinski definition) is 3. The Balaban J connectivity index is 4.10. The normalized spacial score (nSPS) is 12.4. The summed E-state index contributed by atoms with van der Waals surface area (Å²) in [6.45, 7) is 6.12. The minimum atomic E-state index is -0.533. The van der Waals surface area contributed by atoms with Crippen LogP contribution in [0.25, 0.3) is 0 Å². The first-order chi connectivity index (χ1) is 6.61. The van der Waals surface area contributed by atoms with Crippen molar-refractivity contribution in [1.82, 2.24) is 5.32 Å². The van der Waals surface area contributed by atoms with E-state index in [1.807, 2.05) is 6.92 Å². The Kier molecular flexibility index (Phi) is 7.15. The molecule has 14 heavy (non-hydrogen) atoms. The quantitative estimate of drug-likeness (QED) is 0.557. The summed E-state index contributed by atoms with van der Waals surface area (Å²) in [4.78, 5) is 0.